The number of hydrazone groups is 1. The summed E-state index contributed by atoms with van der Waals surface area (Å²) in [5.74, 6) is -2.47. The van der Waals surface area contributed by atoms with Crippen LogP contribution in [0.2, 0.25) is 0 Å². The molecule has 0 saturated carbocycles. The summed E-state index contributed by atoms with van der Waals surface area (Å²) in [6.45, 7) is 5.38. The average Bonchev–Trinajstić information content (AvgIpc) is 3.15. The molecule has 2 N–H and O–H groups in total. The van der Waals surface area contributed by atoms with Crippen LogP contribution in [0.4, 0.5) is 5.00 Å². The van der Waals surface area contributed by atoms with Crippen LogP contribution >= 0.6 is 11.3 Å². The Morgan fingerprint density at radius 1 is 0.952 bits per heavy atom. The number of hydrogen-bond acceptors (Lipinski definition) is 9. The summed E-state index contributed by atoms with van der Waals surface area (Å²) in [5, 5.41) is 6.94. The van der Waals surface area contributed by atoms with E-state index in [0.717, 1.165) is 48.1 Å². The minimum Gasteiger partial charge on any atom is -0.493 e. The van der Waals surface area contributed by atoms with Crippen molar-refractivity contribution >= 4 is 45.8 Å². The Morgan fingerprint density at radius 3 is 2.45 bits per heavy atom. The van der Waals surface area contributed by atoms with Crippen molar-refractivity contribution in [2.24, 2.45) is 5.10 Å². The molecule has 11 heteroatoms. The second-order valence-corrected chi connectivity index (χ2v) is 10.8. The SMILES string of the molecule is CCOC(=O)c1c(NC(=O)C(=O)N/N=C(\C)c2ccc(OC(=O)c3ccccc3C)c(OC)c2)sc2c1CCCCC2. The van der Waals surface area contributed by atoms with Crippen molar-refractivity contribution in [2.75, 3.05) is 19.0 Å². The Bertz CT molecular complexity index is 1540. The number of esters is 2. The van der Waals surface area contributed by atoms with E-state index < -0.39 is 23.8 Å². The zero-order chi connectivity index (χ0) is 30.2. The van der Waals surface area contributed by atoms with Gasteiger partial charge in [0.15, 0.2) is 11.5 Å². The second kappa shape index (κ2) is 13.9. The van der Waals surface area contributed by atoms with E-state index in [-0.39, 0.29) is 18.1 Å². The van der Waals surface area contributed by atoms with Crippen molar-refractivity contribution in [2.45, 2.75) is 52.9 Å². The number of carbonyl (C=O) groups is 4. The van der Waals surface area contributed by atoms with Crippen LogP contribution in [0.15, 0.2) is 47.6 Å². The van der Waals surface area contributed by atoms with Crippen molar-refractivity contribution in [3.05, 3.63) is 75.2 Å². The first-order valence-corrected chi connectivity index (χ1v) is 14.5. The molecule has 0 atom stereocenters. The Labute approximate surface area is 248 Å². The number of benzene rings is 2. The molecule has 42 heavy (non-hydrogen) atoms. The van der Waals surface area contributed by atoms with Crippen molar-refractivity contribution in [1.82, 2.24) is 5.43 Å². The lowest BCUT2D eigenvalue weighted by molar-refractivity contribution is -0.136. The molecule has 0 aliphatic heterocycles. The lowest BCUT2D eigenvalue weighted by atomic mass is 10.1. The predicted molar refractivity (Wildman–Crippen MR) is 160 cm³/mol. The van der Waals surface area contributed by atoms with Crippen molar-refractivity contribution in [3.8, 4) is 11.5 Å². The Morgan fingerprint density at radius 2 is 1.71 bits per heavy atom. The van der Waals surface area contributed by atoms with Crippen molar-refractivity contribution < 1.29 is 33.4 Å². The predicted octanol–water partition coefficient (Wildman–Crippen LogP) is 5.21. The van der Waals surface area contributed by atoms with Gasteiger partial charge in [0, 0.05) is 10.4 Å². The number of fused-ring (bicyclic) bond motifs is 1. The molecule has 2 amide bonds. The third-order valence-corrected chi connectivity index (χ3v) is 8.02. The zero-order valence-corrected chi connectivity index (χ0v) is 24.8. The molecule has 0 saturated heterocycles. The largest absolute Gasteiger partial charge is 0.493 e. The fourth-order valence-corrected chi connectivity index (χ4v) is 5.87. The highest BCUT2D eigenvalue weighted by atomic mass is 32.1. The molecular formula is C31H33N3O7S. The molecule has 10 nitrogen and oxygen atoms in total. The maximum absolute atomic E-state index is 12.8. The van der Waals surface area contributed by atoms with Crippen LogP contribution < -0.4 is 20.2 Å². The summed E-state index contributed by atoms with van der Waals surface area (Å²) in [7, 11) is 1.44. The number of nitrogens with zero attached hydrogens (tertiary/aromatic N) is 1. The molecule has 2 aromatic carbocycles. The van der Waals surface area contributed by atoms with Gasteiger partial charge in [0.25, 0.3) is 0 Å². The van der Waals surface area contributed by atoms with E-state index in [1.165, 1.54) is 18.4 Å². The third-order valence-electron chi connectivity index (χ3n) is 6.81. The van der Waals surface area contributed by atoms with Gasteiger partial charge in [-0.05, 0) is 81.8 Å². The van der Waals surface area contributed by atoms with Gasteiger partial charge in [0.1, 0.15) is 5.00 Å². The first-order chi connectivity index (χ1) is 20.2. The maximum Gasteiger partial charge on any atom is 0.343 e. The first kappa shape index (κ1) is 30.4. The Balaban J connectivity index is 1.45. The lowest BCUT2D eigenvalue weighted by Crippen LogP contribution is -2.33. The van der Waals surface area contributed by atoms with E-state index in [9.17, 15) is 19.2 Å². The number of hydrogen-bond donors (Lipinski definition) is 2. The summed E-state index contributed by atoms with van der Waals surface area (Å²) in [6.07, 6.45) is 4.54. The molecule has 1 heterocycles. The molecule has 0 unspecified atom stereocenters. The van der Waals surface area contributed by atoms with Crippen LogP contribution in [0, 0.1) is 6.92 Å². The van der Waals surface area contributed by atoms with Crippen LogP contribution in [0.25, 0.3) is 0 Å². The Kier molecular flexibility index (Phi) is 10.1. The van der Waals surface area contributed by atoms with Crippen molar-refractivity contribution in [1.29, 1.82) is 0 Å². The Hall–Kier alpha value is -4.51. The second-order valence-electron chi connectivity index (χ2n) is 9.65. The van der Waals surface area contributed by atoms with Gasteiger partial charge in [-0.15, -0.1) is 11.3 Å². The molecule has 3 aromatic rings. The first-order valence-electron chi connectivity index (χ1n) is 13.7. The highest BCUT2D eigenvalue weighted by Gasteiger charge is 2.28. The smallest absolute Gasteiger partial charge is 0.343 e. The molecule has 0 spiro atoms. The van der Waals surface area contributed by atoms with E-state index in [1.807, 2.05) is 19.1 Å². The minimum absolute atomic E-state index is 0.201. The van der Waals surface area contributed by atoms with Gasteiger partial charge in [-0.25, -0.2) is 15.0 Å². The van der Waals surface area contributed by atoms with Crippen LogP contribution in [-0.4, -0.2) is 43.2 Å². The molecule has 4 rings (SSSR count). The van der Waals surface area contributed by atoms with Gasteiger partial charge in [0.05, 0.1) is 30.6 Å². The van der Waals surface area contributed by atoms with Gasteiger partial charge in [-0.1, -0.05) is 24.6 Å². The summed E-state index contributed by atoms with van der Waals surface area (Å²) >= 11 is 1.31. The number of methoxy groups -OCH3 is 1. The lowest BCUT2D eigenvalue weighted by Gasteiger charge is -2.12. The summed E-state index contributed by atoms with van der Waals surface area (Å²) in [4.78, 5) is 51.8. The molecule has 1 aliphatic rings. The van der Waals surface area contributed by atoms with Crippen molar-refractivity contribution in [3.63, 3.8) is 0 Å². The van der Waals surface area contributed by atoms with Crippen LogP contribution in [0.5, 0.6) is 11.5 Å². The van der Waals surface area contributed by atoms with Gasteiger partial charge < -0.3 is 19.5 Å². The van der Waals surface area contributed by atoms with E-state index in [1.54, 1.807) is 44.2 Å². The van der Waals surface area contributed by atoms with E-state index in [4.69, 9.17) is 14.2 Å². The van der Waals surface area contributed by atoms with E-state index >= 15 is 0 Å². The van der Waals surface area contributed by atoms with E-state index in [0.29, 0.717) is 27.4 Å². The number of amides is 2. The number of ether oxygens (including phenoxy) is 3. The third kappa shape index (κ3) is 7.03. The molecule has 0 bridgehead atoms. The molecule has 0 radical (unpaired) electrons. The van der Waals surface area contributed by atoms with Gasteiger partial charge >= 0.3 is 23.8 Å². The number of rotatable bonds is 8. The van der Waals surface area contributed by atoms with Crippen LogP contribution in [-0.2, 0) is 27.2 Å². The fraction of sp³-hybridized carbons (Fsp3) is 0.323. The minimum atomic E-state index is -0.997. The highest BCUT2D eigenvalue weighted by molar-refractivity contribution is 7.17. The molecule has 220 valence electrons. The molecular weight excluding hydrogens is 558 g/mol. The highest BCUT2D eigenvalue weighted by Crippen LogP contribution is 2.38. The number of nitrogens with one attached hydrogen (secondary N) is 2. The number of anilines is 1. The topological polar surface area (TPSA) is 132 Å². The molecule has 1 aliphatic carbocycles. The monoisotopic (exact) mass is 591 g/mol. The standard InChI is InChI=1S/C31H33N3O7S/c1-5-40-31(38)26-22-13-7-6-8-14-25(22)42-29(26)32-27(35)28(36)34-33-19(3)20-15-16-23(24(17-20)39-4)41-30(37)21-12-10-9-11-18(21)2/h9-12,15-17H,5-8,13-14H2,1-4H3,(H,32,35)(H,34,36)/b33-19+. The van der Waals surface area contributed by atoms with Gasteiger partial charge in [-0.3, -0.25) is 9.59 Å². The summed E-state index contributed by atoms with van der Waals surface area (Å²) in [6, 6.07) is 11.9. The molecule has 0 fully saturated rings. The van der Waals surface area contributed by atoms with E-state index in [2.05, 4.69) is 15.8 Å². The van der Waals surface area contributed by atoms with Gasteiger partial charge in [-0.2, -0.15) is 5.10 Å². The van der Waals surface area contributed by atoms with Gasteiger partial charge in [0.2, 0.25) is 0 Å². The number of carbonyl (C=O) groups excluding carboxylic acids is 4. The van der Waals surface area contributed by atoms with Crippen LogP contribution in [0.1, 0.15) is 75.4 Å². The summed E-state index contributed by atoms with van der Waals surface area (Å²) < 4.78 is 16.2. The normalized spacial score (nSPS) is 12.9. The number of aryl methyl sites for hydroxylation is 2. The van der Waals surface area contributed by atoms with Crippen LogP contribution in [0.3, 0.4) is 0 Å². The maximum atomic E-state index is 12.8. The average molecular weight is 592 g/mol. The number of thiophene rings is 1. The fourth-order valence-electron chi connectivity index (χ4n) is 4.59. The quantitative estimate of drug-likeness (QED) is 0.0918. The summed E-state index contributed by atoms with van der Waals surface area (Å²) in [5.41, 5.74) is 5.64. The zero-order valence-electron chi connectivity index (χ0n) is 24.0. The molecule has 1 aromatic heterocycles.